The number of hydrogen-bond acceptors (Lipinski definition) is 7. The Morgan fingerprint density at radius 2 is 2.32 bits per heavy atom. The van der Waals surface area contributed by atoms with Crippen LogP contribution in [0.15, 0.2) is 12.5 Å². The first-order chi connectivity index (χ1) is 10.4. The van der Waals surface area contributed by atoms with Crippen LogP contribution in [0.3, 0.4) is 0 Å². The minimum Gasteiger partial charge on any atom is -0.394 e. The zero-order chi connectivity index (χ0) is 16.1. The molecule has 9 heteroatoms. The van der Waals surface area contributed by atoms with Crippen LogP contribution in [0.4, 0.5) is 10.2 Å². The fraction of sp³-hybridized carbons (Fsp3) is 0.462. The summed E-state index contributed by atoms with van der Waals surface area (Å²) in [6.45, 7) is 0.638. The highest BCUT2D eigenvalue weighted by molar-refractivity contribution is 5.92. The van der Waals surface area contributed by atoms with Gasteiger partial charge in [-0.25, -0.2) is 14.4 Å². The maximum Gasteiger partial charge on any atom is 0.181 e. The van der Waals surface area contributed by atoms with Gasteiger partial charge in [0, 0.05) is 6.20 Å². The van der Waals surface area contributed by atoms with Gasteiger partial charge in [0.1, 0.15) is 36.1 Å². The van der Waals surface area contributed by atoms with Gasteiger partial charge in [-0.3, -0.25) is 0 Å². The highest BCUT2D eigenvalue weighted by Gasteiger charge is 2.55. The van der Waals surface area contributed by atoms with Gasteiger partial charge in [0.05, 0.1) is 17.6 Å². The molecule has 0 bridgehead atoms. The number of aliphatic hydroxyl groups excluding tert-OH is 2. The lowest BCUT2D eigenvalue weighted by atomic mass is 9.98. The summed E-state index contributed by atoms with van der Waals surface area (Å²) in [5, 5.41) is 28.6. The molecule has 2 aromatic heterocycles. The number of nitrogens with zero attached hydrogens (tertiary/aromatic N) is 4. The van der Waals surface area contributed by atoms with E-state index in [4.69, 9.17) is 10.5 Å². The molecule has 0 radical (unpaired) electrons. The summed E-state index contributed by atoms with van der Waals surface area (Å²) in [4.78, 5) is 7.84. The molecule has 0 amide bonds. The highest BCUT2D eigenvalue weighted by atomic mass is 19.1. The Balaban J connectivity index is 2.20. The lowest BCUT2D eigenvalue weighted by Crippen LogP contribution is -2.40. The van der Waals surface area contributed by atoms with Crippen LogP contribution in [0.1, 0.15) is 18.7 Å². The fourth-order valence-electron chi connectivity index (χ4n) is 2.73. The summed E-state index contributed by atoms with van der Waals surface area (Å²) in [5.74, 6) is 0.0955. The number of nitriles is 1. The molecule has 1 aliphatic rings. The van der Waals surface area contributed by atoms with Gasteiger partial charge in [0.25, 0.3) is 0 Å². The number of fused-ring (bicyclic) bond motifs is 1. The van der Waals surface area contributed by atoms with Crippen LogP contribution < -0.4 is 5.73 Å². The van der Waals surface area contributed by atoms with Gasteiger partial charge in [-0.2, -0.15) is 5.26 Å². The molecule has 22 heavy (non-hydrogen) atoms. The molecule has 116 valence electrons. The highest BCUT2D eigenvalue weighted by Crippen LogP contribution is 2.43. The second-order valence-electron chi connectivity index (χ2n) is 5.32. The molecule has 4 atom stereocenters. The number of alkyl halides is 1. The van der Waals surface area contributed by atoms with E-state index in [1.807, 2.05) is 6.07 Å². The smallest absolute Gasteiger partial charge is 0.181 e. The summed E-state index contributed by atoms with van der Waals surface area (Å²) in [5.41, 5.74) is 3.98. The second-order valence-corrected chi connectivity index (χ2v) is 5.32. The fourth-order valence-corrected chi connectivity index (χ4v) is 2.73. The second kappa shape index (κ2) is 4.88. The maximum atomic E-state index is 14.9. The topological polar surface area (TPSA) is 130 Å². The predicted molar refractivity (Wildman–Crippen MR) is 73.2 cm³/mol. The van der Waals surface area contributed by atoms with Crippen LogP contribution in [0.2, 0.25) is 0 Å². The van der Waals surface area contributed by atoms with Gasteiger partial charge in [0.2, 0.25) is 0 Å². The van der Waals surface area contributed by atoms with E-state index >= 15 is 0 Å². The molecule has 1 aliphatic heterocycles. The number of nitrogen functional groups attached to an aromatic ring is 1. The number of aromatic nitrogens is 3. The van der Waals surface area contributed by atoms with Gasteiger partial charge in [-0.1, -0.05) is 0 Å². The van der Waals surface area contributed by atoms with Crippen LogP contribution >= 0.6 is 0 Å². The first-order valence-corrected chi connectivity index (χ1v) is 6.56. The number of hydrogen-bond donors (Lipinski definition) is 3. The van der Waals surface area contributed by atoms with Crippen molar-refractivity contribution < 1.29 is 19.3 Å². The third-order valence-electron chi connectivity index (χ3n) is 3.91. The van der Waals surface area contributed by atoms with E-state index in [2.05, 4.69) is 9.97 Å². The van der Waals surface area contributed by atoms with Gasteiger partial charge in [0.15, 0.2) is 11.9 Å². The van der Waals surface area contributed by atoms with Crippen molar-refractivity contribution in [2.24, 2.45) is 0 Å². The Bertz CT molecular complexity index is 769. The minimum atomic E-state index is -2.17. The van der Waals surface area contributed by atoms with Crippen molar-refractivity contribution in [3.63, 3.8) is 0 Å². The number of nitrogens with two attached hydrogens (primary N) is 1. The average molecular weight is 307 g/mol. The molecule has 2 aromatic rings. The van der Waals surface area contributed by atoms with E-state index in [-0.39, 0.29) is 17.0 Å². The zero-order valence-corrected chi connectivity index (χ0v) is 11.6. The minimum absolute atomic E-state index is 0.0955. The van der Waals surface area contributed by atoms with Crippen molar-refractivity contribution in [1.82, 2.24) is 14.5 Å². The molecular formula is C13H14FN5O3. The van der Waals surface area contributed by atoms with Crippen LogP contribution in [0.5, 0.6) is 0 Å². The van der Waals surface area contributed by atoms with Crippen molar-refractivity contribution >= 4 is 16.9 Å². The summed E-state index contributed by atoms with van der Waals surface area (Å²) in [6.07, 6.45) is -1.28. The first kappa shape index (κ1) is 14.6. The lowest BCUT2D eigenvalue weighted by molar-refractivity contribution is -0.0564. The SMILES string of the molecule is C[C@@]1(F)[C@H](O)C(CO)O[C@@H]1n1cc(C#N)c2c(N)ncnc21. The Labute approximate surface area is 124 Å². The normalized spacial score (nSPS) is 31.5. The molecule has 1 fully saturated rings. The Hall–Kier alpha value is -2.28. The van der Waals surface area contributed by atoms with Crippen molar-refractivity contribution in [1.29, 1.82) is 5.26 Å². The van der Waals surface area contributed by atoms with Crippen LogP contribution in [0.25, 0.3) is 11.0 Å². The average Bonchev–Trinajstić information content (AvgIpc) is 2.97. The van der Waals surface area contributed by atoms with E-state index in [9.17, 15) is 19.9 Å². The van der Waals surface area contributed by atoms with Crippen LogP contribution in [0, 0.1) is 11.3 Å². The predicted octanol–water partition coefficient (Wildman–Crippen LogP) is -0.136. The maximum absolute atomic E-state index is 14.9. The van der Waals surface area contributed by atoms with Crippen molar-refractivity contribution in [2.75, 3.05) is 12.3 Å². The van der Waals surface area contributed by atoms with E-state index in [0.717, 1.165) is 0 Å². The number of halogens is 1. The summed E-state index contributed by atoms with van der Waals surface area (Å²) >= 11 is 0. The molecule has 0 aromatic carbocycles. The molecule has 0 aliphatic carbocycles. The van der Waals surface area contributed by atoms with Crippen LogP contribution in [-0.2, 0) is 4.74 Å². The standard InChI is InChI=1S/C13H14FN5O3/c1-13(14)9(21)7(4-20)22-12(13)19-3-6(2-15)8-10(16)17-5-18-11(8)19/h3,5,7,9,12,20-21H,4H2,1H3,(H2,16,17,18)/t7?,9-,12+,13-/m1/s1. The van der Waals surface area contributed by atoms with Gasteiger partial charge < -0.3 is 25.3 Å². The van der Waals surface area contributed by atoms with Gasteiger partial charge in [-0.05, 0) is 6.92 Å². The summed E-state index contributed by atoms with van der Waals surface area (Å²) in [6, 6.07) is 1.95. The number of anilines is 1. The van der Waals surface area contributed by atoms with E-state index in [1.54, 1.807) is 0 Å². The molecule has 1 saturated heterocycles. The quantitative estimate of drug-likeness (QED) is 0.704. The zero-order valence-electron chi connectivity index (χ0n) is 11.6. The Morgan fingerprint density at radius 3 is 2.91 bits per heavy atom. The third-order valence-corrected chi connectivity index (χ3v) is 3.91. The Kier molecular flexibility index (Phi) is 3.25. The monoisotopic (exact) mass is 307 g/mol. The third kappa shape index (κ3) is 1.85. The van der Waals surface area contributed by atoms with E-state index < -0.39 is 30.7 Å². The van der Waals surface area contributed by atoms with Crippen LogP contribution in [-0.4, -0.2) is 49.2 Å². The molecule has 0 saturated carbocycles. The molecule has 0 spiro atoms. The van der Waals surface area contributed by atoms with Crippen molar-refractivity contribution in [3.05, 3.63) is 18.1 Å². The molecule has 8 nitrogen and oxygen atoms in total. The number of rotatable bonds is 2. The first-order valence-electron chi connectivity index (χ1n) is 6.56. The number of ether oxygens (including phenoxy) is 1. The van der Waals surface area contributed by atoms with Crippen molar-refractivity contribution in [3.8, 4) is 6.07 Å². The van der Waals surface area contributed by atoms with E-state index in [1.165, 1.54) is 24.0 Å². The summed E-state index contributed by atoms with van der Waals surface area (Å²) < 4.78 is 21.6. The summed E-state index contributed by atoms with van der Waals surface area (Å²) in [7, 11) is 0. The Morgan fingerprint density at radius 1 is 1.59 bits per heavy atom. The molecule has 3 rings (SSSR count). The number of aliphatic hydroxyl groups is 2. The molecule has 3 heterocycles. The van der Waals surface area contributed by atoms with Gasteiger partial charge >= 0.3 is 0 Å². The lowest BCUT2D eigenvalue weighted by Gasteiger charge is -2.25. The van der Waals surface area contributed by atoms with E-state index in [0.29, 0.717) is 5.39 Å². The molecule has 1 unspecified atom stereocenters. The van der Waals surface area contributed by atoms with Crippen molar-refractivity contribution in [2.45, 2.75) is 31.0 Å². The molecule has 4 N–H and O–H groups in total. The molecular weight excluding hydrogens is 293 g/mol. The largest absolute Gasteiger partial charge is 0.394 e. The van der Waals surface area contributed by atoms with Gasteiger partial charge in [-0.15, -0.1) is 0 Å².